The molecule has 1 aliphatic rings. The Balaban J connectivity index is 1.57. The van der Waals surface area contributed by atoms with Crippen molar-refractivity contribution in [3.63, 3.8) is 0 Å². The fraction of sp³-hybridized carbons (Fsp3) is 0.750. The lowest BCUT2D eigenvalue weighted by Crippen LogP contribution is -2.17. The predicted octanol–water partition coefficient (Wildman–Crippen LogP) is 2.10. The minimum atomic E-state index is -4.24. The molecule has 1 aliphatic carbocycles. The van der Waals surface area contributed by atoms with Crippen molar-refractivity contribution in [2.24, 2.45) is 0 Å². The van der Waals surface area contributed by atoms with Gasteiger partial charge in [0.25, 0.3) is 0 Å². The average Bonchev–Trinajstić information content (AvgIpc) is 3.05. The topological polar surface area (TPSA) is 39.1 Å². The zero-order valence-electron chi connectivity index (χ0n) is 10.6. The van der Waals surface area contributed by atoms with Crippen molar-refractivity contribution in [3.05, 3.63) is 18.0 Å². The third kappa shape index (κ3) is 6.07. The molecule has 1 N–H and O–H groups in total. The summed E-state index contributed by atoms with van der Waals surface area (Å²) in [5, 5.41) is 7.54. The Kier molecular flexibility index (Phi) is 4.81. The molecule has 1 aromatic heterocycles. The van der Waals surface area contributed by atoms with E-state index in [0.29, 0.717) is 19.0 Å². The van der Waals surface area contributed by atoms with Crippen molar-refractivity contribution >= 4 is 0 Å². The van der Waals surface area contributed by atoms with E-state index >= 15 is 0 Å². The van der Waals surface area contributed by atoms with Crippen LogP contribution in [-0.2, 0) is 17.8 Å². The largest absolute Gasteiger partial charge is 0.411 e. The second kappa shape index (κ2) is 6.38. The molecular weight excluding hydrogens is 259 g/mol. The molecule has 1 aromatic rings. The molecule has 4 nitrogen and oxygen atoms in total. The molecule has 0 amide bonds. The summed E-state index contributed by atoms with van der Waals surface area (Å²) in [6.07, 6.45) is 2.46. The maximum Gasteiger partial charge on any atom is 0.411 e. The number of nitrogens with one attached hydrogen (secondary N) is 1. The van der Waals surface area contributed by atoms with Gasteiger partial charge in [-0.3, -0.25) is 4.68 Å². The molecule has 0 bridgehead atoms. The highest BCUT2D eigenvalue weighted by molar-refractivity contribution is 5.04. The van der Waals surface area contributed by atoms with Crippen molar-refractivity contribution in [1.82, 2.24) is 15.1 Å². The molecule has 1 heterocycles. The third-order valence-electron chi connectivity index (χ3n) is 2.80. The SMILES string of the molecule is FC(F)(F)COCCCn1cc(CNC2CC2)cn1. The summed E-state index contributed by atoms with van der Waals surface area (Å²) in [5.41, 5.74) is 1.10. The Morgan fingerprint density at radius 3 is 2.89 bits per heavy atom. The van der Waals surface area contributed by atoms with Gasteiger partial charge in [0.1, 0.15) is 6.61 Å². The first-order chi connectivity index (χ1) is 9.03. The first-order valence-electron chi connectivity index (χ1n) is 6.42. The number of hydrogen-bond acceptors (Lipinski definition) is 3. The number of aryl methyl sites for hydroxylation is 1. The molecule has 0 aliphatic heterocycles. The molecule has 108 valence electrons. The maximum atomic E-state index is 11.8. The third-order valence-corrected chi connectivity index (χ3v) is 2.80. The van der Waals surface area contributed by atoms with Gasteiger partial charge in [0.05, 0.1) is 6.20 Å². The van der Waals surface area contributed by atoms with Crippen LogP contribution in [0, 0.1) is 0 Å². The first kappa shape index (κ1) is 14.3. The summed E-state index contributed by atoms with van der Waals surface area (Å²) in [7, 11) is 0. The van der Waals surface area contributed by atoms with Crippen LogP contribution < -0.4 is 5.32 Å². The molecule has 0 aromatic carbocycles. The molecule has 0 atom stereocenters. The second-order valence-corrected chi connectivity index (χ2v) is 4.79. The van der Waals surface area contributed by atoms with Crippen LogP contribution in [0.2, 0.25) is 0 Å². The van der Waals surface area contributed by atoms with Crippen LogP contribution in [-0.4, -0.2) is 35.2 Å². The maximum absolute atomic E-state index is 11.8. The molecule has 0 unspecified atom stereocenters. The molecule has 0 saturated heterocycles. The normalized spacial score (nSPS) is 15.9. The summed E-state index contributed by atoms with van der Waals surface area (Å²) >= 11 is 0. The number of ether oxygens (including phenoxy) is 1. The summed E-state index contributed by atoms with van der Waals surface area (Å²) in [5.74, 6) is 0. The molecule has 1 fully saturated rings. The van der Waals surface area contributed by atoms with E-state index in [0.717, 1.165) is 12.1 Å². The smallest absolute Gasteiger partial charge is 0.372 e. The van der Waals surface area contributed by atoms with Gasteiger partial charge in [0.2, 0.25) is 0 Å². The van der Waals surface area contributed by atoms with Gasteiger partial charge in [-0.05, 0) is 19.3 Å². The number of rotatable bonds is 8. The lowest BCUT2D eigenvalue weighted by atomic mass is 10.3. The van der Waals surface area contributed by atoms with Gasteiger partial charge in [0.15, 0.2) is 0 Å². The van der Waals surface area contributed by atoms with Crippen molar-refractivity contribution in [2.45, 2.75) is 44.6 Å². The molecule has 19 heavy (non-hydrogen) atoms. The van der Waals surface area contributed by atoms with Gasteiger partial charge in [0, 0.05) is 37.5 Å². The first-order valence-corrected chi connectivity index (χ1v) is 6.42. The van der Waals surface area contributed by atoms with E-state index < -0.39 is 12.8 Å². The monoisotopic (exact) mass is 277 g/mol. The zero-order valence-corrected chi connectivity index (χ0v) is 10.6. The van der Waals surface area contributed by atoms with Crippen LogP contribution in [0.5, 0.6) is 0 Å². The van der Waals surface area contributed by atoms with Crippen LogP contribution in [0.25, 0.3) is 0 Å². The Bertz CT molecular complexity index is 388. The highest BCUT2D eigenvalue weighted by Crippen LogP contribution is 2.19. The molecule has 0 radical (unpaired) electrons. The van der Waals surface area contributed by atoms with Crippen LogP contribution in [0.15, 0.2) is 12.4 Å². The lowest BCUT2D eigenvalue weighted by Gasteiger charge is -2.07. The minimum Gasteiger partial charge on any atom is -0.372 e. The number of hydrogen-bond donors (Lipinski definition) is 1. The molecule has 0 spiro atoms. The lowest BCUT2D eigenvalue weighted by molar-refractivity contribution is -0.174. The molecule has 1 saturated carbocycles. The van der Waals surface area contributed by atoms with E-state index in [4.69, 9.17) is 0 Å². The van der Waals surface area contributed by atoms with Crippen molar-refractivity contribution in [2.75, 3.05) is 13.2 Å². The van der Waals surface area contributed by atoms with Crippen LogP contribution in [0.4, 0.5) is 13.2 Å². The molecule has 7 heteroatoms. The van der Waals surface area contributed by atoms with Crippen LogP contribution in [0.1, 0.15) is 24.8 Å². The quantitative estimate of drug-likeness (QED) is 0.740. The predicted molar refractivity (Wildman–Crippen MR) is 63.6 cm³/mol. The molecule has 2 rings (SSSR count). The summed E-state index contributed by atoms with van der Waals surface area (Å²) in [6, 6.07) is 0.652. The molecular formula is C12H18F3N3O. The van der Waals surface area contributed by atoms with Gasteiger partial charge in [-0.1, -0.05) is 0 Å². The fourth-order valence-corrected chi connectivity index (χ4v) is 1.69. The number of nitrogens with zero attached hydrogens (tertiary/aromatic N) is 2. The van der Waals surface area contributed by atoms with Crippen molar-refractivity contribution in [3.8, 4) is 0 Å². The van der Waals surface area contributed by atoms with E-state index in [2.05, 4.69) is 15.2 Å². The number of alkyl halides is 3. The number of halogens is 3. The van der Waals surface area contributed by atoms with Gasteiger partial charge in [-0.2, -0.15) is 18.3 Å². The Morgan fingerprint density at radius 2 is 2.21 bits per heavy atom. The zero-order chi connectivity index (χ0) is 13.7. The van der Waals surface area contributed by atoms with E-state index in [1.807, 2.05) is 6.20 Å². The van der Waals surface area contributed by atoms with Gasteiger partial charge >= 0.3 is 6.18 Å². The minimum absolute atomic E-state index is 0.0923. The summed E-state index contributed by atoms with van der Waals surface area (Å²) in [4.78, 5) is 0. The van der Waals surface area contributed by atoms with Gasteiger partial charge in [-0.25, -0.2) is 0 Å². The van der Waals surface area contributed by atoms with Crippen molar-refractivity contribution < 1.29 is 17.9 Å². The van der Waals surface area contributed by atoms with Crippen molar-refractivity contribution in [1.29, 1.82) is 0 Å². The second-order valence-electron chi connectivity index (χ2n) is 4.79. The van der Waals surface area contributed by atoms with E-state index in [1.165, 1.54) is 12.8 Å². The Hall–Kier alpha value is -1.08. The highest BCUT2D eigenvalue weighted by atomic mass is 19.4. The van der Waals surface area contributed by atoms with E-state index in [-0.39, 0.29) is 6.61 Å². The average molecular weight is 277 g/mol. The number of aromatic nitrogens is 2. The van der Waals surface area contributed by atoms with Gasteiger partial charge in [-0.15, -0.1) is 0 Å². The Morgan fingerprint density at radius 1 is 1.42 bits per heavy atom. The van der Waals surface area contributed by atoms with E-state index in [9.17, 15) is 13.2 Å². The van der Waals surface area contributed by atoms with Gasteiger partial charge < -0.3 is 10.1 Å². The standard InChI is InChI=1S/C12H18F3N3O/c13-12(14,15)9-19-5-1-4-18-8-10(7-17-18)6-16-11-2-3-11/h7-8,11,16H,1-6,9H2. The summed E-state index contributed by atoms with van der Waals surface area (Å²) < 4.78 is 41.7. The Labute approximate surface area is 109 Å². The highest BCUT2D eigenvalue weighted by Gasteiger charge is 2.27. The summed E-state index contributed by atoms with van der Waals surface area (Å²) in [6.45, 7) is 0.286. The van der Waals surface area contributed by atoms with E-state index in [1.54, 1.807) is 10.9 Å². The van der Waals surface area contributed by atoms with Crippen LogP contribution >= 0.6 is 0 Å². The fourth-order valence-electron chi connectivity index (χ4n) is 1.69. The van der Waals surface area contributed by atoms with Crippen LogP contribution in [0.3, 0.4) is 0 Å².